The molecule has 1 heteroatoms. The molecule has 11 heavy (non-hydrogen) atoms. The first-order valence-electron chi connectivity index (χ1n) is 4.78. The first kappa shape index (κ1) is 6.94. The van der Waals surface area contributed by atoms with Crippen LogP contribution in [0.3, 0.4) is 0 Å². The van der Waals surface area contributed by atoms with Crippen molar-refractivity contribution in [1.29, 1.82) is 0 Å². The third-order valence-electron chi connectivity index (χ3n) is 3.73. The minimum atomic E-state index is 0.488. The molecule has 0 aromatic rings. The van der Waals surface area contributed by atoms with Gasteiger partial charge in [0.05, 0.1) is 0 Å². The summed E-state index contributed by atoms with van der Waals surface area (Å²) in [7, 11) is 0. The molecule has 4 saturated carbocycles. The summed E-state index contributed by atoms with van der Waals surface area (Å²) in [5, 5.41) is 0. The van der Waals surface area contributed by atoms with Crippen molar-refractivity contribution in [3.63, 3.8) is 0 Å². The molecule has 4 fully saturated rings. The predicted octanol–water partition coefficient (Wildman–Crippen LogP) is 3.16. The molecule has 0 N–H and O–H groups in total. The number of hydrogen-bond donors (Lipinski definition) is 0. The Morgan fingerprint density at radius 2 is 1.73 bits per heavy atom. The molecular weight excluding hydrogens is 200 g/mol. The molecule has 4 aliphatic carbocycles. The van der Waals surface area contributed by atoms with E-state index in [1.54, 1.807) is 0 Å². The second-order valence-electron chi connectivity index (χ2n) is 4.81. The molecule has 1 radical (unpaired) electrons. The van der Waals surface area contributed by atoms with E-state index in [0.29, 0.717) is 4.32 Å². The minimum absolute atomic E-state index is 0.488. The molecule has 61 valence electrons. The highest BCUT2D eigenvalue weighted by Gasteiger charge is 2.49. The average Bonchev–Trinajstić information content (AvgIpc) is 1.79. The van der Waals surface area contributed by atoms with Gasteiger partial charge in [-0.1, -0.05) is 15.9 Å². The third kappa shape index (κ3) is 0.998. The summed E-state index contributed by atoms with van der Waals surface area (Å²) >= 11 is 3.90. The van der Waals surface area contributed by atoms with Crippen LogP contribution in [0, 0.1) is 24.2 Å². The van der Waals surface area contributed by atoms with Gasteiger partial charge in [0.1, 0.15) is 0 Å². The summed E-state index contributed by atoms with van der Waals surface area (Å²) in [6.07, 6.45) is 10.0. The van der Waals surface area contributed by atoms with Gasteiger partial charge in [-0.05, 0) is 56.3 Å². The first-order valence-corrected chi connectivity index (χ1v) is 5.58. The number of rotatable bonds is 0. The highest BCUT2D eigenvalue weighted by atomic mass is 79.9. The second kappa shape index (κ2) is 2.04. The van der Waals surface area contributed by atoms with Crippen LogP contribution in [0.5, 0.6) is 0 Å². The molecule has 0 amide bonds. The van der Waals surface area contributed by atoms with Crippen LogP contribution < -0.4 is 0 Å². The second-order valence-corrected chi connectivity index (χ2v) is 6.39. The van der Waals surface area contributed by atoms with Crippen LogP contribution in [0.15, 0.2) is 0 Å². The normalized spacial score (nSPS) is 60.3. The Kier molecular flexibility index (Phi) is 1.29. The van der Waals surface area contributed by atoms with Crippen LogP contribution in [0.4, 0.5) is 0 Å². The number of alkyl halides is 1. The summed E-state index contributed by atoms with van der Waals surface area (Å²) in [4.78, 5) is 0. The van der Waals surface area contributed by atoms with E-state index in [9.17, 15) is 0 Å². The van der Waals surface area contributed by atoms with E-state index in [2.05, 4.69) is 22.4 Å². The molecule has 0 aliphatic heterocycles. The van der Waals surface area contributed by atoms with Gasteiger partial charge in [0.2, 0.25) is 0 Å². The summed E-state index contributed by atoms with van der Waals surface area (Å²) < 4.78 is 0.488. The van der Waals surface area contributed by atoms with Gasteiger partial charge in [-0.15, -0.1) is 0 Å². The quantitative estimate of drug-likeness (QED) is 0.543. The van der Waals surface area contributed by atoms with Crippen molar-refractivity contribution in [2.75, 3.05) is 0 Å². The Bertz CT molecular complexity index is 150. The Hall–Kier alpha value is 0.480. The lowest BCUT2D eigenvalue weighted by molar-refractivity contribution is 0.0841. The molecule has 0 spiro atoms. The zero-order chi connectivity index (χ0) is 7.47. The Morgan fingerprint density at radius 1 is 1.09 bits per heavy atom. The van der Waals surface area contributed by atoms with Gasteiger partial charge < -0.3 is 0 Å². The monoisotopic (exact) mass is 213 g/mol. The van der Waals surface area contributed by atoms with E-state index < -0.39 is 0 Å². The zero-order valence-electron chi connectivity index (χ0n) is 6.72. The lowest BCUT2D eigenvalue weighted by Crippen LogP contribution is -2.47. The molecule has 0 aromatic carbocycles. The van der Waals surface area contributed by atoms with E-state index in [4.69, 9.17) is 0 Å². The predicted molar refractivity (Wildman–Crippen MR) is 49.5 cm³/mol. The Balaban J connectivity index is 1.94. The van der Waals surface area contributed by atoms with Gasteiger partial charge in [-0.2, -0.15) is 0 Å². The molecular formula is C10H14Br. The van der Waals surface area contributed by atoms with Crippen molar-refractivity contribution in [2.45, 2.75) is 36.4 Å². The Morgan fingerprint density at radius 3 is 2.18 bits per heavy atom. The maximum absolute atomic E-state index is 3.90. The summed E-state index contributed by atoms with van der Waals surface area (Å²) in [5.41, 5.74) is 0. The van der Waals surface area contributed by atoms with Gasteiger partial charge in [0.25, 0.3) is 0 Å². The van der Waals surface area contributed by atoms with E-state index in [1.165, 1.54) is 32.1 Å². The van der Waals surface area contributed by atoms with Crippen LogP contribution in [0.1, 0.15) is 32.1 Å². The molecule has 4 rings (SSSR count). The van der Waals surface area contributed by atoms with Crippen LogP contribution >= 0.6 is 15.9 Å². The van der Waals surface area contributed by atoms with Crippen molar-refractivity contribution in [3.05, 3.63) is 6.42 Å². The largest absolute Gasteiger partial charge is 0.0850 e. The molecule has 4 aliphatic rings. The SMILES string of the molecule is BrC12[CH]C3CC(CC(C3)C1)C2. The fourth-order valence-corrected chi connectivity index (χ4v) is 4.98. The summed E-state index contributed by atoms with van der Waals surface area (Å²) in [6, 6.07) is 0. The zero-order valence-corrected chi connectivity index (χ0v) is 8.31. The topological polar surface area (TPSA) is 0 Å². The molecule has 0 nitrogen and oxygen atoms in total. The smallest absolute Gasteiger partial charge is 0.0297 e. The standard InChI is InChI=1S/C10H14Br/c11-10-4-7-1-8(5-10)3-9(2-7)6-10/h4,7-9H,1-3,5-6H2. The van der Waals surface area contributed by atoms with Crippen molar-refractivity contribution >= 4 is 15.9 Å². The highest BCUT2D eigenvalue weighted by molar-refractivity contribution is 9.10. The number of hydrogen-bond acceptors (Lipinski definition) is 0. The van der Waals surface area contributed by atoms with Gasteiger partial charge in [-0.3, -0.25) is 0 Å². The van der Waals surface area contributed by atoms with Gasteiger partial charge >= 0.3 is 0 Å². The van der Waals surface area contributed by atoms with Crippen molar-refractivity contribution in [3.8, 4) is 0 Å². The van der Waals surface area contributed by atoms with Crippen molar-refractivity contribution in [2.24, 2.45) is 17.8 Å². The lowest BCUT2D eigenvalue weighted by Gasteiger charge is -2.54. The van der Waals surface area contributed by atoms with Crippen LogP contribution in [0.2, 0.25) is 0 Å². The fraction of sp³-hybridized carbons (Fsp3) is 0.900. The maximum Gasteiger partial charge on any atom is 0.0297 e. The molecule has 2 unspecified atom stereocenters. The van der Waals surface area contributed by atoms with Crippen LogP contribution in [-0.4, -0.2) is 4.32 Å². The molecule has 0 aromatic heterocycles. The van der Waals surface area contributed by atoms with Gasteiger partial charge in [0.15, 0.2) is 0 Å². The van der Waals surface area contributed by atoms with Gasteiger partial charge in [-0.25, -0.2) is 0 Å². The van der Waals surface area contributed by atoms with E-state index in [1.807, 2.05) is 0 Å². The minimum Gasteiger partial charge on any atom is -0.0850 e. The van der Waals surface area contributed by atoms with E-state index in [0.717, 1.165) is 17.8 Å². The first-order chi connectivity index (χ1) is 5.23. The third-order valence-corrected chi connectivity index (χ3v) is 4.64. The van der Waals surface area contributed by atoms with Crippen molar-refractivity contribution < 1.29 is 0 Å². The fourth-order valence-electron chi connectivity index (χ4n) is 3.69. The molecule has 0 saturated heterocycles. The highest BCUT2D eigenvalue weighted by Crippen LogP contribution is 2.58. The average molecular weight is 214 g/mol. The number of halogens is 1. The molecule has 0 heterocycles. The lowest BCUT2D eigenvalue weighted by atomic mass is 9.56. The maximum atomic E-state index is 3.90. The molecule has 2 atom stereocenters. The van der Waals surface area contributed by atoms with E-state index >= 15 is 0 Å². The van der Waals surface area contributed by atoms with E-state index in [-0.39, 0.29) is 0 Å². The summed E-state index contributed by atoms with van der Waals surface area (Å²) in [6.45, 7) is 0. The molecule has 4 bridgehead atoms. The van der Waals surface area contributed by atoms with Gasteiger partial charge in [0, 0.05) is 4.32 Å². The Labute approximate surface area is 76.9 Å². The van der Waals surface area contributed by atoms with Crippen molar-refractivity contribution in [1.82, 2.24) is 0 Å². The summed E-state index contributed by atoms with van der Waals surface area (Å²) in [5.74, 6) is 3.11. The van der Waals surface area contributed by atoms with Crippen LogP contribution in [-0.2, 0) is 0 Å². The van der Waals surface area contributed by atoms with Crippen LogP contribution in [0.25, 0.3) is 0 Å².